The number of nitrogens with two attached hydrogens (primary N) is 2. The number of hydrogen-bond donors (Lipinski definition) is 7. The minimum atomic E-state index is -1.52. The highest BCUT2D eigenvalue weighted by atomic mass is 16.4. The lowest BCUT2D eigenvalue weighted by Gasteiger charge is -2.28. The molecule has 0 bridgehead atoms. The summed E-state index contributed by atoms with van der Waals surface area (Å²) in [6, 6.07) is -4.27. The van der Waals surface area contributed by atoms with Gasteiger partial charge in [0.2, 0.25) is 17.7 Å². The summed E-state index contributed by atoms with van der Waals surface area (Å²) in [5.74, 6) is -3.18. The Balaban J connectivity index is 5.54. The fourth-order valence-electron chi connectivity index (χ4n) is 3.24. The zero-order chi connectivity index (χ0) is 25.7. The van der Waals surface area contributed by atoms with Gasteiger partial charge < -0.3 is 37.6 Å². The molecule has 33 heavy (non-hydrogen) atoms. The lowest BCUT2D eigenvalue weighted by molar-refractivity contribution is -0.145. The number of hydrogen-bond acceptors (Lipinski definition) is 7. The fourth-order valence-corrected chi connectivity index (χ4v) is 3.24. The molecule has 9 N–H and O–H groups in total. The van der Waals surface area contributed by atoms with Crippen LogP contribution < -0.4 is 27.4 Å². The Kier molecular flexibility index (Phi) is 14.5. The largest absolute Gasteiger partial charge is 0.480 e. The molecule has 0 aliphatic heterocycles. The second kappa shape index (κ2) is 15.6. The van der Waals surface area contributed by atoms with E-state index in [9.17, 15) is 29.4 Å². The molecule has 3 amide bonds. The van der Waals surface area contributed by atoms with Crippen molar-refractivity contribution in [1.29, 1.82) is 0 Å². The summed E-state index contributed by atoms with van der Waals surface area (Å²) in [6.07, 6.45) is 1.05. The quantitative estimate of drug-likeness (QED) is 0.145. The molecule has 0 radical (unpaired) electrons. The van der Waals surface area contributed by atoms with Gasteiger partial charge in [-0.3, -0.25) is 14.4 Å². The summed E-state index contributed by atoms with van der Waals surface area (Å²) >= 11 is 0. The first-order valence-corrected chi connectivity index (χ1v) is 11.6. The van der Waals surface area contributed by atoms with E-state index in [0.29, 0.717) is 32.2 Å². The Morgan fingerprint density at radius 3 is 1.91 bits per heavy atom. The minimum absolute atomic E-state index is 0.202. The van der Waals surface area contributed by atoms with E-state index in [-0.39, 0.29) is 18.3 Å². The maximum absolute atomic E-state index is 13.1. The third-order valence-corrected chi connectivity index (χ3v) is 5.48. The third-order valence-electron chi connectivity index (χ3n) is 5.48. The zero-order valence-electron chi connectivity index (χ0n) is 20.5. The molecule has 0 aromatic rings. The monoisotopic (exact) mass is 473 g/mol. The molecule has 0 aliphatic rings. The van der Waals surface area contributed by atoms with Crippen molar-refractivity contribution in [2.75, 3.05) is 6.54 Å². The molecule has 0 aromatic carbocycles. The Morgan fingerprint density at radius 2 is 1.45 bits per heavy atom. The van der Waals surface area contributed by atoms with Gasteiger partial charge in [0, 0.05) is 0 Å². The average Bonchev–Trinajstić information content (AvgIpc) is 2.72. The third kappa shape index (κ3) is 11.4. The van der Waals surface area contributed by atoms with Crippen LogP contribution in [0.3, 0.4) is 0 Å². The molecule has 0 aromatic heterocycles. The van der Waals surface area contributed by atoms with Crippen LogP contribution in [0.4, 0.5) is 0 Å². The van der Waals surface area contributed by atoms with Crippen LogP contribution in [-0.2, 0) is 19.2 Å². The zero-order valence-corrected chi connectivity index (χ0v) is 20.5. The van der Waals surface area contributed by atoms with Crippen molar-refractivity contribution in [3.05, 3.63) is 0 Å². The van der Waals surface area contributed by atoms with E-state index in [1.165, 1.54) is 6.92 Å². The highest BCUT2D eigenvalue weighted by Crippen LogP contribution is 2.11. The molecule has 0 saturated carbocycles. The summed E-state index contributed by atoms with van der Waals surface area (Å²) in [5.41, 5.74) is 11.5. The molecule has 0 fully saturated rings. The molecule has 6 atom stereocenters. The molecule has 0 spiro atoms. The first-order valence-electron chi connectivity index (χ1n) is 11.6. The van der Waals surface area contributed by atoms with Crippen molar-refractivity contribution in [3.63, 3.8) is 0 Å². The number of carbonyl (C=O) groups excluding carboxylic acids is 3. The predicted molar refractivity (Wildman–Crippen MR) is 125 cm³/mol. The summed E-state index contributed by atoms with van der Waals surface area (Å²) in [4.78, 5) is 49.7. The first kappa shape index (κ1) is 30.8. The Hall–Kier alpha value is -2.24. The van der Waals surface area contributed by atoms with Crippen molar-refractivity contribution in [1.82, 2.24) is 16.0 Å². The van der Waals surface area contributed by atoms with Crippen LogP contribution >= 0.6 is 0 Å². The van der Waals surface area contributed by atoms with Crippen molar-refractivity contribution in [2.45, 2.75) is 97.0 Å². The van der Waals surface area contributed by atoms with E-state index in [4.69, 9.17) is 11.5 Å². The molecule has 192 valence electrons. The summed E-state index contributed by atoms with van der Waals surface area (Å²) < 4.78 is 0. The van der Waals surface area contributed by atoms with Gasteiger partial charge in [0.15, 0.2) is 6.04 Å². The number of carboxylic acids is 1. The smallest absolute Gasteiger partial charge is 0.328 e. The summed E-state index contributed by atoms with van der Waals surface area (Å²) in [5, 5.41) is 26.5. The number of nitrogens with one attached hydrogen (secondary N) is 3. The molecular formula is C22H43N5O6. The molecular weight excluding hydrogens is 430 g/mol. The van der Waals surface area contributed by atoms with Crippen LogP contribution in [0, 0.1) is 11.8 Å². The number of aliphatic hydroxyl groups excluding tert-OH is 1. The van der Waals surface area contributed by atoms with E-state index in [2.05, 4.69) is 16.0 Å². The molecule has 11 nitrogen and oxygen atoms in total. The molecule has 6 unspecified atom stereocenters. The second-order valence-corrected chi connectivity index (χ2v) is 9.02. The van der Waals surface area contributed by atoms with E-state index in [1.54, 1.807) is 6.92 Å². The predicted octanol–water partition coefficient (Wildman–Crippen LogP) is -0.545. The lowest BCUT2D eigenvalue weighted by Crippen LogP contribution is -2.59. The highest BCUT2D eigenvalue weighted by molar-refractivity contribution is 5.94. The van der Waals surface area contributed by atoms with E-state index >= 15 is 0 Å². The molecule has 11 heteroatoms. The van der Waals surface area contributed by atoms with Crippen molar-refractivity contribution < 1.29 is 29.4 Å². The standard InChI is InChI=1S/C22H43N5O6/c1-6-13(4)17(26-19(29)15(24)11-12(2)3)21(31)25-16(9-7-8-10-23)20(30)27-18(14(5)28)22(32)33/h12-18,28H,6-11,23-24H2,1-5H3,(H,25,31)(H,26,29)(H,27,30)(H,32,33). The molecule has 0 rings (SSSR count). The number of rotatable bonds is 16. The number of unbranched alkanes of at least 4 members (excludes halogenated alkanes) is 1. The maximum atomic E-state index is 13.1. The SMILES string of the molecule is CCC(C)C(NC(=O)C(N)CC(C)C)C(=O)NC(CCCCN)C(=O)NC(C(=O)O)C(C)O. The van der Waals surface area contributed by atoms with Crippen molar-refractivity contribution in [2.24, 2.45) is 23.3 Å². The molecule has 0 heterocycles. The van der Waals surface area contributed by atoms with Crippen LogP contribution in [0.5, 0.6) is 0 Å². The Bertz CT molecular complexity index is 643. The molecule has 0 aliphatic carbocycles. The van der Waals surface area contributed by atoms with Gasteiger partial charge >= 0.3 is 5.97 Å². The van der Waals surface area contributed by atoms with Crippen molar-refractivity contribution in [3.8, 4) is 0 Å². The van der Waals surface area contributed by atoms with Crippen molar-refractivity contribution >= 4 is 23.7 Å². The number of aliphatic hydroxyl groups is 1. The van der Waals surface area contributed by atoms with Gasteiger partial charge in [0.1, 0.15) is 12.1 Å². The van der Waals surface area contributed by atoms with Gasteiger partial charge in [-0.2, -0.15) is 0 Å². The highest BCUT2D eigenvalue weighted by Gasteiger charge is 2.33. The normalized spacial score (nSPS) is 16.8. The van der Waals surface area contributed by atoms with Crippen LogP contribution in [0.25, 0.3) is 0 Å². The first-order chi connectivity index (χ1) is 15.3. The topological polar surface area (TPSA) is 197 Å². The number of aliphatic carboxylic acids is 1. The molecule has 0 saturated heterocycles. The van der Waals surface area contributed by atoms with E-state index < -0.39 is 54.0 Å². The van der Waals surface area contributed by atoms with Gasteiger partial charge in [-0.05, 0) is 51.0 Å². The van der Waals surface area contributed by atoms with Crippen LogP contribution in [0.2, 0.25) is 0 Å². The van der Waals surface area contributed by atoms with Gasteiger partial charge in [-0.25, -0.2) is 4.79 Å². The van der Waals surface area contributed by atoms with E-state index in [0.717, 1.165) is 0 Å². The average molecular weight is 474 g/mol. The van der Waals surface area contributed by atoms with Gasteiger partial charge in [0.05, 0.1) is 12.1 Å². The lowest BCUT2D eigenvalue weighted by atomic mass is 9.96. The van der Waals surface area contributed by atoms with Crippen LogP contribution in [0.1, 0.15) is 66.7 Å². The maximum Gasteiger partial charge on any atom is 0.328 e. The summed E-state index contributed by atoms with van der Waals surface area (Å²) in [6.45, 7) is 9.19. The van der Waals surface area contributed by atoms with Gasteiger partial charge in [0.25, 0.3) is 0 Å². The second-order valence-electron chi connectivity index (χ2n) is 9.02. The van der Waals surface area contributed by atoms with Crippen LogP contribution in [0.15, 0.2) is 0 Å². The number of carboxylic acid groups (broad SMARTS) is 1. The fraction of sp³-hybridized carbons (Fsp3) is 0.818. The van der Waals surface area contributed by atoms with E-state index in [1.807, 2.05) is 20.8 Å². The summed E-state index contributed by atoms with van der Waals surface area (Å²) in [7, 11) is 0. The van der Waals surface area contributed by atoms with Gasteiger partial charge in [-0.15, -0.1) is 0 Å². The Labute approximate surface area is 196 Å². The van der Waals surface area contributed by atoms with Crippen LogP contribution in [-0.4, -0.2) is 70.7 Å². The minimum Gasteiger partial charge on any atom is -0.480 e. The van der Waals surface area contributed by atoms with Gasteiger partial charge in [-0.1, -0.05) is 34.1 Å². The number of carbonyl (C=O) groups is 4. The number of amides is 3. The Morgan fingerprint density at radius 1 is 0.879 bits per heavy atom.